The molecule has 6 heteroatoms. The van der Waals surface area contributed by atoms with E-state index in [1.807, 2.05) is 0 Å². The van der Waals surface area contributed by atoms with Gasteiger partial charge in [0.15, 0.2) is 0 Å². The van der Waals surface area contributed by atoms with E-state index in [4.69, 9.17) is 11.6 Å². The molecule has 1 N–H and O–H groups in total. The van der Waals surface area contributed by atoms with Gasteiger partial charge in [-0.2, -0.15) is 13.2 Å². The van der Waals surface area contributed by atoms with Gasteiger partial charge in [-0.25, -0.2) is 4.98 Å². The Bertz CT molecular complexity index is 490. The van der Waals surface area contributed by atoms with E-state index < -0.39 is 11.7 Å². The van der Waals surface area contributed by atoms with Crippen LogP contribution < -0.4 is 0 Å². The second-order valence-electron chi connectivity index (χ2n) is 3.07. The first-order valence-corrected chi connectivity index (χ1v) is 4.65. The number of nitrogens with zero attached hydrogens (tertiary/aromatic N) is 1. The minimum atomic E-state index is -4.41. The molecule has 0 aliphatic rings. The van der Waals surface area contributed by atoms with Crippen LogP contribution >= 0.6 is 11.6 Å². The molecule has 0 saturated carbocycles. The number of aromatic nitrogens is 2. The number of H-pyrrole nitrogens is 1. The van der Waals surface area contributed by atoms with Gasteiger partial charge in [-0.15, -0.1) is 11.6 Å². The molecule has 2 aromatic rings. The van der Waals surface area contributed by atoms with Crippen LogP contribution in [0.25, 0.3) is 11.0 Å². The van der Waals surface area contributed by atoms with Gasteiger partial charge in [0.05, 0.1) is 17.4 Å². The zero-order valence-corrected chi connectivity index (χ0v) is 8.15. The van der Waals surface area contributed by atoms with Crippen LogP contribution in [0.2, 0.25) is 0 Å². The smallest absolute Gasteiger partial charge is 0.345 e. The Balaban J connectivity index is 2.74. The molecule has 15 heavy (non-hydrogen) atoms. The first-order valence-electron chi connectivity index (χ1n) is 4.11. The van der Waals surface area contributed by atoms with Crippen LogP contribution in [0.15, 0.2) is 18.5 Å². The molecule has 2 rings (SSSR count). The summed E-state index contributed by atoms with van der Waals surface area (Å²) in [7, 11) is 0. The van der Waals surface area contributed by atoms with Gasteiger partial charge >= 0.3 is 6.18 Å². The summed E-state index contributed by atoms with van der Waals surface area (Å²) < 4.78 is 37.8. The van der Waals surface area contributed by atoms with Crippen molar-refractivity contribution < 1.29 is 13.2 Å². The molecule has 2 nitrogen and oxygen atoms in total. The minimum Gasteiger partial charge on any atom is -0.345 e. The Morgan fingerprint density at radius 1 is 1.33 bits per heavy atom. The van der Waals surface area contributed by atoms with Crippen molar-refractivity contribution in [3.05, 3.63) is 29.6 Å². The number of nitrogens with one attached hydrogen (secondary N) is 1. The Morgan fingerprint density at radius 3 is 2.67 bits per heavy atom. The van der Waals surface area contributed by atoms with Gasteiger partial charge in [-0.05, 0) is 17.7 Å². The van der Waals surface area contributed by atoms with Gasteiger partial charge in [-0.1, -0.05) is 0 Å². The number of rotatable bonds is 1. The zero-order chi connectivity index (χ0) is 11.1. The van der Waals surface area contributed by atoms with Gasteiger partial charge in [0.25, 0.3) is 0 Å². The number of hydrogen-bond acceptors (Lipinski definition) is 1. The summed E-state index contributed by atoms with van der Waals surface area (Å²) in [4.78, 5) is 6.28. The SMILES string of the molecule is FC(F)(F)c1cc(CCl)cc2[nH]cnc12. The van der Waals surface area contributed by atoms with E-state index >= 15 is 0 Å². The number of fused-ring (bicyclic) bond motifs is 1. The van der Waals surface area contributed by atoms with Crippen LogP contribution in [0.5, 0.6) is 0 Å². The molecule has 0 atom stereocenters. The second kappa shape index (κ2) is 3.41. The number of hydrogen-bond donors (Lipinski definition) is 1. The van der Waals surface area contributed by atoms with E-state index in [-0.39, 0.29) is 11.4 Å². The van der Waals surface area contributed by atoms with Crippen LogP contribution in [0.4, 0.5) is 13.2 Å². The zero-order valence-electron chi connectivity index (χ0n) is 7.40. The molecule has 0 saturated heterocycles. The van der Waals surface area contributed by atoms with Crippen molar-refractivity contribution in [1.29, 1.82) is 0 Å². The summed E-state index contributed by atoms with van der Waals surface area (Å²) in [6.45, 7) is 0. The van der Waals surface area contributed by atoms with Gasteiger partial charge in [-0.3, -0.25) is 0 Å². The molecule has 1 aromatic carbocycles. The van der Waals surface area contributed by atoms with Crippen LogP contribution in [0.3, 0.4) is 0 Å². The summed E-state index contributed by atoms with van der Waals surface area (Å²) >= 11 is 5.51. The molecule has 0 aliphatic carbocycles. The lowest BCUT2D eigenvalue weighted by Crippen LogP contribution is -2.06. The third-order valence-electron chi connectivity index (χ3n) is 2.04. The fourth-order valence-electron chi connectivity index (χ4n) is 1.40. The van der Waals surface area contributed by atoms with Crippen LogP contribution in [0.1, 0.15) is 11.1 Å². The molecule has 0 fully saturated rings. The maximum atomic E-state index is 12.6. The first-order chi connectivity index (χ1) is 7.02. The molecule has 0 unspecified atom stereocenters. The van der Waals surface area contributed by atoms with Crippen molar-refractivity contribution >= 4 is 22.6 Å². The molecule has 0 bridgehead atoms. The van der Waals surface area contributed by atoms with Crippen molar-refractivity contribution in [2.24, 2.45) is 0 Å². The largest absolute Gasteiger partial charge is 0.418 e. The summed E-state index contributed by atoms with van der Waals surface area (Å²) in [5.74, 6) is 0.0397. The van der Waals surface area contributed by atoms with E-state index in [2.05, 4.69) is 9.97 Å². The number of aromatic amines is 1. The van der Waals surface area contributed by atoms with Gasteiger partial charge < -0.3 is 4.98 Å². The molecule has 1 heterocycles. The van der Waals surface area contributed by atoms with E-state index in [9.17, 15) is 13.2 Å². The Morgan fingerprint density at radius 2 is 2.07 bits per heavy atom. The molecule has 0 amide bonds. The minimum absolute atomic E-state index is 0.0397. The lowest BCUT2D eigenvalue weighted by molar-refractivity contribution is -0.136. The highest BCUT2D eigenvalue weighted by atomic mass is 35.5. The molecular formula is C9H6ClF3N2. The van der Waals surface area contributed by atoms with Crippen LogP contribution in [-0.4, -0.2) is 9.97 Å². The Hall–Kier alpha value is -1.23. The average molecular weight is 235 g/mol. The second-order valence-corrected chi connectivity index (χ2v) is 3.34. The topological polar surface area (TPSA) is 28.7 Å². The third-order valence-corrected chi connectivity index (χ3v) is 2.35. The van der Waals surface area contributed by atoms with Crippen molar-refractivity contribution in [2.75, 3.05) is 0 Å². The van der Waals surface area contributed by atoms with Gasteiger partial charge in [0.1, 0.15) is 5.52 Å². The predicted molar refractivity (Wildman–Crippen MR) is 50.7 cm³/mol. The molecule has 80 valence electrons. The summed E-state index contributed by atoms with van der Waals surface area (Å²) in [5.41, 5.74) is -0.0607. The average Bonchev–Trinajstić information content (AvgIpc) is 2.61. The van der Waals surface area contributed by atoms with Gasteiger partial charge in [0.2, 0.25) is 0 Å². The van der Waals surface area contributed by atoms with Crippen LogP contribution in [0, 0.1) is 0 Å². The third kappa shape index (κ3) is 1.79. The highest BCUT2D eigenvalue weighted by Gasteiger charge is 2.33. The number of alkyl halides is 4. The van der Waals surface area contributed by atoms with Crippen LogP contribution in [-0.2, 0) is 12.1 Å². The quantitative estimate of drug-likeness (QED) is 0.754. The Kier molecular flexibility index (Phi) is 2.34. The molecule has 0 spiro atoms. The summed E-state index contributed by atoms with van der Waals surface area (Å²) in [6, 6.07) is 2.58. The van der Waals surface area contributed by atoms with Crippen molar-refractivity contribution in [3.63, 3.8) is 0 Å². The summed E-state index contributed by atoms with van der Waals surface area (Å²) in [6.07, 6.45) is -3.17. The normalized spacial score (nSPS) is 12.3. The summed E-state index contributed by atoms with van der Waals surface area (Å²) in [5, 5.41) is 0. The van der Waals surface area contributed by atoms with Gasteiger partial charge in [0, 0.05) is 5.88 Å². The number of benzene rings is 1. The number of imidazole rings is 1. The van der Waals surface area contributed by atoms with E-state index in [1.165, 1.54) is 6.33 Å². The maximum Gasteiger partial charge on any atom is 0.418 e. The van der Waals surface area contributed by atoms with E-state index in [0.717, 1.165) is 6.07 Å². The fraction of sp³-hybridized carbons (Fsp3) is 0.222. The highest BCUT2D eigenvalue weighted by molar-refractivity contribution is 6.17. The predicted octanol–water partition coefficient (Wildman–Crippen LogP) is 3.32. The molecule has 0 radical (unpaired) electrons. The monoisotopic (exact) mass is 234 g/mol. The standard InChI is InChI=1S/C9H6ClF3N2/c10-3-5-1-6(9(11,12)13)8-7(2-5)14-4-15-8/h1-2,4H,3H2,(H,14,15). The fourth-order valence-corrected chi connectivity index (χ4v) is 1.56. The first kappa shape index (κ1) is 10.3. The van der Waals surface area contributed by atoms with E-state index in [1.54, 1.807) is 6.07 Å². The van der Waals surface area contributed by atoms with Crippen molar-refractivity contribution in [2.45, 2.75) is 12.1 Å². The molecule has 1 aromatic heterocycles. The lowest BCUT2D eigenvalue weighted by atomic mass is 10.1. The molecular weight excluding hydrogens is 229 g/mol. The maximum absolute atomic E-state index is 12.6. The van der Waals surface area contributed by atoms with Crippen molar-refractivity contribution in [1.82, 2.24) is 9.97 Å². The lowest BCUT2D eigenvalue weighted by Gasteiger charge is -2.08. The number of halogens is 4. The highest BCUT2D eigenvalue weighted by Crippen LogP contribution is 2.34. The molecule has 0 aliphatic heterocycles. The van der Waals surface area contributed by atoms with E-state index in [0.29, 0.717) is 11.1 Å². The Labute approximate surface area is 88.1 Å². The van der Waals surface area contributed by atoms with Crippen molar-refractivity contribution in [3.8, 4) is 0 Å².